The SMILES string of the molecule is O=C1C(N2C(=O)c3ccccc3C2=O)C(CCl)N1Cc1ccccc1. The number of nitrogens with zero attached hydrogens (tertiary/aromatic N) is 2. The van der Waals surface area contributed by atoms with Gasteiger partial charge in [-0.05, 0) is 17.7 Å². The van der Waals surface area contributed by atoms with Gasteiger partial charge in [-0.25, -0.2) is 0 Å². The lowest BCUT2D eigenvalue weighted by Gasteiger charge is -2.49. The number of fused-ring (bicyclic) bond motifs is 1. The maximum Gasteiger partial charge on any atom is 0.262 e. The Hall–Kier alpha value is -2.66. The standard InChI is InChI=1S/C19H15ClN2O3/c20-10-15-16(19(25)21(15)11-12-6-2-1-3-7-12)22-17(23)13-8-4-5-9-14(13)18(22)24/h1-9,15-16H,10-11H2. The molecule has 1 saturated heterocycles. The number of hydrogen-bond donors (Lipinski definition) is 0. The Morgan fingerprint density at radius 2 is 1.40 bits per heavy atom. The molecule has 3 amide bonds. The molecule has 4 rings (SSSR count). The first-order chi connectivity index (χ1) is 12.1. The minimum absolute atomic E-state index is 0.163. The Morgan fingerprint density at radius 1 is 0.840 bits per heavy atom. The van der Waals surface area contributed by atoms with Crippen LogP contribution in [0.1, 0.15) is 26.3 Å². The van der Waals surface area contributed by atoms with Crippen LogP contribution in [0.3, 0.4) is 0 Å². The van der Waals surface area contributed by atoms with E-state index in [0.717, 1.165) is 10.5 Å². The smallest absolute Gasteiger partial charge is 0.262 e. The fourth-order valence-electron chi connectivity index (χ4n) is 3.47. The molecule has 0 aromatic heterocycles. The molecule has 126 valence electrons. The lowest BCUT2D eigenvalue weighted by atomic mass is 9.93. The molecule has 6 heteroatoms. The van der Waals surface area contributed by atoms with Crippen LogP contribution in [-0.4, -0.2) is 45.5 Å². The maximum absolute atomic E-state index is 12.7. The Labute approximate surface area is 149 Å². The Balaban J connectivity index is 1.59. The van der Waals surface area contributed by atoms with Crippen molar-refractivity contribution in [2.24, 2.45) is 0 Å². The van der Waals surface area contributed by atoms with Crippen LogP contribution >= 0.6 is 11.6 Å². The van der Waals surface area contributed by atoms with Crippen molar-refractivity contribution in [3.8, 4) is 0 Å². The third kappa shape index (κ3) is 2.35. The van der Waals surface area contributed by atoms with Crippen molar-refractivity contribution in [1.29, 1.82) is 0 Å². The molecule has 0 saturated carbocycles. The van der Waals surface area contributed by atoms with Crippen molar-refractivity contribution in [3.05, 3.63) is 71.3 Å². The summed E-state index contributed by atoms with van der Waals surface area (Å²) in [5, 5.41) is 0. The number of carbonyl (C=O) groups is 3. The van der Waals surface area contributed by atoms with E-state index in [1.165, 1.54) is 0 Å². The van der Waals surface area contributed by atoms with Crippen molar-refractivity contribution < 1.29 is 14.4 Å². The zero-order chi connectivity index (χ0) is 17.6. The molecule has 2 heterocycles. The van der Waals surface area contributed by atoms with E-state index in [9.17, 15) is 14.4 Å². The minimum atomic E-state index is -0.825. The van der Waals surface area contributed by atoms with Crippen molar-refractivity contribution in [1.82, 2.24) is 9.80 Å². The van der Waals surface area contributed by atoms with E-state index in [-0.39, 0.29) is 17.8 Å². The molecule has 2 aliphatic heterocycles. The first-order valence-electron chi connectivity index (χ1n) is 8.00. The highest BCUT2D eigenvalue weighted by atomic mass is 35.5. The summed E-state index contributed by atoms with van der Waals surface area (Å²) in [4.78, 5) is 40.6. The third-order valence-corrected chi connectivity index (χ3v) is 5.07. The normalized spacial score (nSPS) is 22.2. The van der Waals surface area contributed by atoms with Gasteiger partial charge in [-0.2, -0.15) is 0 Å². The highest BCUT2D eigenvalue weighted by Gasteiger charge is 2.55. The molecule has 0 spiro atoms. The van der Waals surface area contributed by atoms with Crippen molar-refractivity contribution in [2.75, 3.05) is 5.88 Å². The summed E-state index contributed by atoms with van der Waals surface area (Å²) in [5.41, 5.74) is 1.66. The molecule has 25 heavy (non-hydrogen) atoms. The molecule has 2 aromatic carbocycles. The molecular formula is C19H15ClN2O3. The number of imide groups is 1. The van der Waals surface area contributed by atoms with Crippen molar-refractivity contribution in [2.45, 2.75) is 18.6 Å². The van der Waals surface area contributed by atoms with Gasteiger partial charge < -0.3 is 4.90 Å². The average Bonchev–Trinajstić information content (AvgIpc) is 2.89. The van der Waals surface area contributed by atoms with Crippen molar-refractivity contribution in [3.63, 3.8) is 0 Å². The van der Waals surface area contributed by atoms with Gasteiger partial charge in [0.25, 0.3) is 11.8 Å². The monoisotopic (exact) mass is 354 g/mol. The number of likely N-dealkylation sites (tertiary alicyclic amines) is 1. The van der Waals surface area contributed by atoms with Gasteiger partial charge >= 0.3 is 0 Å². The fourth-order valence-corrected chi connectivity index (χ4v) is 3.81. The molecule has 2 aliphatic rings. The second-order valence-electron chi connectivity index (χ2n) is 6.14. The molecule has 0 N–H and O–H groups in total. The van der Waals surface area contributed by atoms with E-state index >= 15 is 0 Å². The number of rotatable bonds is 4. The molecule has 1 fully saturated rings. The molecule has 0 bridgehead atoms. The van der Waals surface area contributed by atoms with Crippen LogP contribution in [0.15, 0.2) is 54.6 Å². The topological polar surface area (TPSA) is 57.7 Å². The second-order valence-corrected chi connectivity index (χ2v) is 6.45. The summed E-state index contributed by atoms with van der Waals surface area (Å²) in [6.07, 6.45) is 0. The van der Waals surface area contributed by atoms with E-state index in [1.807, 2.05) is 30.3 Å². The third-order valence-electron chi connectivity index (χ3n) is 4.76. The van der Waals surface area contributed by atoms with Gasteiger partial charge in [-0.3, -0.25) is 19.3 Å². The van der Waals surface area contributed by atoms with E-state index < -0.39 is 17.9 Å². The summed E-state index contributed by atoms with van der Waals surface area (Å²) in [6.45, 7) is 0.413. The zero-order valence-corrected chi connectivity index (χ0v) is 14.0. The molecular weight excluding hydrogens is 340 g/mol. The molecule has 2 aromatic rings. The summed E-state index contributed by atoms with van der Waals surface area (Å²) < 4.78 is 0. The molecule has 2 unspecified atom stereocenters. The minimum Gasteiger partial charge on any atom is -0.330 e. The van der Waals surface area contributed by atoms with E-state index in [0.29, 0.717) is 17.7 Å². The fraction of sp³-hybridized carbons (Fsp3) is 0.211. The lowest BCUT2D eigenvalue weighted by Crippen LogP contribution is -2.71. The number of hydrogen-bond acceptors (Lipinski definition) is 3. The van der Waals surface area contributed by atoms with Gasteiger partial charge in [0, 0.05) is 12.4 Å². The Morgan fingerprint density at radius 3 is 1.96 bits per heavy atom. The van der Waals surface area contributed by atoms with Gasteiger partial charge in [0.05, 0.1) is 17.2 Å². The lowest BCUT2D eigenvalue weighted by molar-refractivity contribution is -0.155. The van der Waals surface area contributed by atoms with Crippen LogP contribution in [0.25, 0.3) is 0 Å². The second kappa shape index (κ2) is 6.01. The molecule has 0 radical (unpaired) electrons. The molecule has 0 aliphatic carbocycles. The van der Waals surface area contributed by atoms with Gasteiger partial charge in [-0.15, -0.1) is 11.6 Å². The number of carbonyl (C=O) groups excluding carboxylic acids is 3. The quantitative estimate of drug-likeness (QED) is 0.481. The first-order valence-corrected chi connectivity index (χ1v) is 8.54. The zero-order valence-electron chi connectivity index (χ0n) is 13.3. The van der Waals surface area contributed by atoms with Crippen LogP contribution in [-0.2, 0) is 11.3 Å². The predicted molar refractivity (Wildman–Crippen MR) is 92.2 cm³/mol. The number of amides is 3. The number of halogens is 1. The van der Waals surface area contributed by atoms with E-state index in [1.54, 1.807) is 29.2 Å². The summed E-state index contributed by atoms with van der Waals surface area (Å²) in [6, 6.07) is 15.0. The van der Waals surface area contributed by atoms with E-state index in [2.05, 4.69) is 0 Å². The number of β-lactam (4-membered cyclic amide) rings is 1. The summed E-state index contributed by atoms with van der Waals surface area (Å²) in [7, 11) is 0. The van der Waals surface area contributed by atoms with Crippen LogP contribution in [0.5, 0.6) is 0 Å². The first kappa shape index (κ1) is 15.8. The Bertz CT molecular complexity index is 833. The maximum atomic E-state index is 12.7. The van der Waals surface area contributed by atoms with Crippen molar-refractivity contribution >= 4 is 29.3 Å². The number of alkyl halides is 1. The van der Waals surface area contributed by atoms with Gasteiger partial charge in [-0.1, -0.05) is 42.5 Å². The molecule has 2 atom stereocenters. The number of benzene rings is 2. The van der Waals surface area contributed by atoms with Gasteiger partial charge in [0.15, 0.2) is 0 Å². The molecule has 5 nitrogen and oxygen atoms in total. The Kier molecular flexibility index (Phi) is 3.81. The largest absolute Gasteiger partial charge is 0.330 e. The van der Waals surface area contributed by atoms with Gasteiger partial charge in [0.2, 0.25) is 5.91 Å². The van der Waals surface area contributed by atoms with Crippen LogP contribution in [0.4, 0.5) is 0 Å². The van der Waals surface area contributed by atoms with Crippen LogP contribution < -0.4 is 0 Å². The van der Waals surface area contributed by atoms with E-state index in [4.69, 9.17) is 11.6 Å². The highest BCUT2D eigenvalue weighted by Crippen LogP contribution is 2.34. The highest BCUT2D eigenvalue weighted by molar-refractivity contribution is 6.24. The van der Waals surface area contributed by atoms with Crippen LogP contribution in [0.2, 0.25) is 0 Å². The average molecular weight is 355 g/mol. The summed E-state index contributed by atoms with van der Waals surface area (Å²) in [5.74, 6) is -0.928. The van der Waals surface area contributed by atoms with Crippen LogP contribution in [0, 0.1) is 0 Å². The summed E-state index contributed by atoms with van der Waals surface area (Å²) >= 11 is 6.07. The predicted octanol–water partition coefficient (Wildman–Crippen LogP) is 2.30. The van der Waals surface area contributed by atoms with Gasteiger partial charge in [0.1, 0.15) is 6.04 Å².